The van der Waals surface area contributed by atoms with Gasteiger partial charge in [-0.2, -0.15) is 0 Å². The van der Waals surface area contributed by atoms with Gasteiger partial charge in [0.15, 0.2) is 0 Å². The molecule has 0 aliphatic rings. The number of benzene rings is 4. The Morgan fingerprint density at radius 1 is 0.951 bits per heavy atom. The fourth-order valence-corrected chi connectivity index (χ4v) is 3.86. The minimum absolute atomic E-state index is 0.194. The van der Waals surface area contributed by atoms with Gasteiger partial charge in [0.2, 0.25) is 5.91 Å². The van der Waals surface area contributed by atoms with E-state index < -0.39 is 5.97 Å². The Hall–Kier alpha value is -5.28. The molecule has 8 nitrogen and oxygen atoms in total. The zero-order valence-electron chi connectivity index (χ0n) is 21.6. The first-order chi connectivity index (χ1) is 19.8. The molecule has 0 spiro atoms. The number of hydrogen-bond acceptors (Lipinski definition) is 6. The van der Waals surface area contributed by atoms with Crippen molar-refractivity contribution in [2.75, 3.05) is 10.6 Å². The minimum atomic E-state index is -0.879. The Kier molecular flexibility index (Phi) is 9.58. The third kappa shape index (κ3) is 8.11. The van der Waals surface area contributed by atoms with Crippen LogP contribution < -0.4 is 15.4 Å². The standard InChI is InChI=1S/C24H18ClFN4O2.C7H6O2/c1-2-23(31)29-17-6-8-21-19(11-17)24(28-14-27-21)30-18-7-9-22(20(25)12-18)32-13-15-4-3-5-16(26)10-15;8-7(9)6-4-2-1-3-5-6/h2-12,14H,1,13H2,(H,29,31)(H,27,28,30);1-5H,(H,8,9). The molecule has 4 aromatic carbocycles. The molecule has 1 aromatic heterocycles. The van der Waals surface area contributed by atoms with Crippen molar-refractivity contribution < 1.29 is 23.8 Å². The summed E-state index contributed by atoms with van der Waals surface area (Å²) in [6.07, 6.45) is 2.65. The summed E-state index contributed by atoms with van der Waals surface area (Å²) < 4.78 is 19.0. The molecule has 41 heavy (non-hydrogen) atoms. The van der Waals surface area contributed by atoms with Gasteiger partial charge < -0.3 is 20.5 Å². The Morgan fingerprint density at radius 2 is 1.73 bits per heavy atom. The van der Waals surface area contributed by atoms with E-state index in [1.807, 2.05) is 0 Å². The van der Waals surface area contributed by atoms with E-state index in [0.717, 1.165) is 5.39 Å². The van der Waals surface area contributed by atoms with Gasteiger partial charge in [-0.05, 0) is 72.3 Å². The van der Waals surface area contributed by atoms with E-state index in [1.165, 1.54) is 24.5 Å². The van der Waals surface area contributed by atoms with Crippen LogP contribution in [0.5, 0.6) is 5.75 Å². The number of hydrogen-bond donors (Lipinski definition) is 3. The summed E-state index contributed by atoms with van der Waals surface area (Å²) in [6.45, 7) is 3.65. The van der Waals surface area contributed by atoms with Gasteiger partial charge in [-0.25, -0.2) is 19.2 Å². The fraction of sp³-hybridized carbons (Fsp3) is 0.0323. The first-order valence-corrected chi connectivity index (χ1v) is 12.6. The topological polar surface area (TPSA) is 113 Å². The van der Waals surface area contributed by atoms with Crippen molar-refractivity contribution >= 4 is 51.6 Å². The van der Waals surface area contributed by atoms with E-state index in [4.69, 9.17) is 21.4 Å². The third-order valence-corrected chi connectivity index (χ3v) is 5.88. The molecule has 1 heterocycles. The quantitative estimate of drug-likeness (QED) is 0.168. The second kappa shape index (κ2) is 13.7. The van der Waals surface area contributed by atoms with Crippen LogP contribution in [0, 0.1) is 5.82 Å². The van der Waals surface area contributed by atoms with Crippen molar-refractivity contribution in [1.82, 2.24) is 9.97 Å². The minimum Gasteiger partial charge on any atom is -0.487 e. The van der Waals surface area contributed by atoms with Crippen LogP contribution in [0.25, 0.3) is 10.9 Å². The second-order valence-electron chi connectivity index (χ2n) is 8.51. The number of anilines is 3. The summed E-state index contributed by atoms with van der Waals surface area (Å²) in [5.41, 5.74) is 3.03. The highest BCUT2D eigenvalue weighted by molar-refractivity contribution is 6.32. The van der Waals surface area contributed by atoms with E-state index >= 15 is 0 Å². The van der Waals surface area contributed by atoms with Crippen molar-refractivity contribution in [2.45, 2.75) is 6.61 Å². The lowest BCUT2D eigenvalue weighted by Crippen LogP contribution is -2.07. The summed E-state index contributed by atoms with van der Waals surface area (Å²) in [5, 5.41) is 15.4. The molecule has 0 atom stereocenters. The molecule has 0 aliphatic carbocycles. The Bertz CT molecular complexity index is 1700. The average Bonchev–Trinajstić information content (AvgIpc) is 2.98. The van der Waals surface area contributed by atoms with Crippen molar-refractivity contribution in [2.24, 2.45) is 0 Å². The maximum Gasteiger partial charge on any atom is 0.335 e. The summed E-state index contributed by atoms with van der Waals surface area (Å²) in [4.78, 5) is 30.4. The van der Waals surface area contributed by atoms with Crippen LogP contribution in [0.2, 0.25) is 5.02 Å². The molecule has 0 aliphatic heterocycles. The smallest absolute Gasteiger partial charge is 0.335 e. The number of fused-ring (bicyclic) bond motifs is 1. The van der Waals surface area contributed by atoms with Crippen LogP contribution in [0.15, 0.2) is 110 Å². The first-order valence-electron chi connectivity index (χ1n) is 12.2. The van der Waals surface area contributed by atoms with Gasteiger partial charge in [0.1, 0.15) is 30.3 Å². The molecular weight excluding hydrogens is 547 g/mol. The molecule has 5 aromatic rings. The maximum atomic E-state index is 13.3. The predicted molar refractivity (Wildman–Crippen MR) is 157 cm³/mol. The zero-order chi connectivity index (χ0) is 29.2. The summed E-state index contributed by atoms with van der Waals surface area (Å²) in [5.74, 6) is -0.481. The van der Waals surface area contributed by atoms with E-state index in [2.05, 4.69) is 27.2 Å². The van der Waals surface area contributed by atoms with Crippen LogP contribution >= 0.6 is 11.6 Å². The molecule has 0 radical (unpaired) electrons. The number of nitrogens with one attached hydrogen (secondary N) is 2. The largest absolute Gasteiger partial charge is 0.487 e. The third-order valence-electron chi connectivity index (χ3n) is 5.59. The number of ether oxygens (including phenoxy) is 1. The van der Waals surface area contributed by atoms with Crippen molar-refractivity contribution in [3.8, 4) is 5.75 Å². The monoisotopic (exact) mass is 570 g/mol. The number of amides is 1. The zero-order valence-corrected chi connectivity index (χ0v) is 22.3. The van der Waals surface area contributed by atoms with Crippen LogP contribution in [-0.2, 0) is 11.4 Å². The Morgan fingerprint density at radius 3 is 2.41 bits per heavy atom. The lowest BCUT2D eigenvalue weighted by atomic mass is 10.2. The SMILES string of the molecule is C=CC(=O)Nc1ccc2ncnc(Nc3ccc(OCc4cccc(F)c4)c(Cl)c3)c2c1.O=C(O)c1ccccc1. The van der Waals surface area contributed by atoms with Gasteiger partial charge in [0, 0.05) is 16.8 Å². The molecular formula is C31H24ClFN4O4. The van der Waals surface area contributed by atoms with Crippen molar-refractivity contribution in [3.05, 3.63) is 132 Å². The van der Waals surface area contributed by atoms with Crippen LogP contribution in [0.4, 0.5) is 21.6 Å². The number of carbonyl (C=O) groups is 2. The summed E-state index contributed by atoms with van der Waals surface area (Å²) in [6, 6.07) is 25.0. The van der Waals surface area contributed by atoms with Crippen molar-refractivity contribution in [3.63, 3.8) is 0 Å². The molecule has 3 N–H and O–H groups in total. The van der Waals surface area contributed by atoms with Crippen molar-refractivity contribution in [1.29, 1.82) is 0 Å². The van der Waals surface area contributed by atoms with Gasteiger partial charge in [0.05, 0.1) is 16.1 Å². The molecule has 0 saturated carbocycles. The van der Waals surface area contributed by atoms with Gasteiger partial charge >= 0.3 is 5.97 Å². The summed E-state index contributed by atoms with van der Waals surface area (Å²) in [7, 11) is 0. The molecule has 0 fully saturated rings. The fourth-order valence-electron chi connectivity index (χ4n) is 3.63. The highest BCUT2D eigenvalue weighted by Gasteiger charge is 2.09. The molecule has 1 amide bonds. The molecule has 0 bridgehead atoms. The van der Waals surface area contributed by atoms with Crippen LogP contribution in [-0.4, -0.2) is 27.0 Å². The lowest BCUT2D eigenvalue weighted by molar-refractivity contribution is -0.111. The summed E-state index contributed by atoms with van der Waals surface area (Å²) >= 11 is 6.38. The van der Waals surface area contributed by atoms with E-state index in [1.54, 1.807) is 78.9 Å². The van der Waals surface area contributed by atoms with Gasteiger partial charge in [-0.15, -0.1) is 0 Å². The van der Waals surface area contributed by atoms with Gasteiger partial charge in [-0.1, -0.05) is 48.5 Å². The number of carboxylic acids is 1. The number of carboxylic acid groups (broad SMARTS) is 1. The molecule has 5 rings (SSSR count). The molecule has 206 valence electrons. The van der Waals surface area contributed by atoms with E-state index in [-0.39, 0.29) is 18.3 Å². The van der Waals surface area contributed by atoms with Crippen LogP contribution in [0.3, 0.4) is 0 Å². The second-order valence-corrected chi connectivity index (χ2v) is 8.91. The van der Waals surface area contributed by atoms with Gasteiger partial charge in [-0.3, -0.25) is 4.79 Å². The number of nitrogens with zero attached hydrogens (tertiary/aromatic N) is 2. The Labute approximate surface area is 240 Å². The van der Waals surface area contributed by atoms with E-state index in [0.29, 0.717) is 44.6 Å². The number of aromatic nitrogens is 2. The van der Waals surface area contributed by atoms with E-state index in [9.17, 15) is 14.0 Å². The van der Waals surface area contributed by atoms with Crippen LogP contribution in [0.1, 0.15) is 15.9 Å². The number of rotatable bonds is 8. The number of halogens is 2. The number of aromatic carboxylic acids is 1. The average molecular weight is 571 g/mol. The Balaban J connectivity index is 0.000000367. The normalized spacial score (nSPS) is 10.2. The highest BCUT2D eigenvalue weighted by atomic mass is 35.5. The highest BCUT2D eigenvalue weighted by Crippen LogP contribution is 2.31. The molecule has 0 unspecified atom stereocenters. The predicted octanol–water partition coefficient (Wildman–Crippen LogP) is 7.25. The lowest BCUT2D eigenvalue weighted by Gasteiger charge is -2.12. The molecule has 10 heteroatoms. The first kappa shape index (κ1) is 28.7. The maximum absolute atomic E-state index is 13.3. The number of carbonyl (C=O) groups excluding carboxylic acids is 1. The van der Waals surface area contributed by atoms with Gasteiger partial charge in [0.25, 0.3) is 0 Å². The molecule has 0 saturated heterocycles.